The zero-order valence-corrected chi connectivity index (χ0v) is 15.5. The second-order valence-corrected chi connectivity index (χ2v) is 6.90. The lowest BCUT2D eigenvalue weighted by atomic mass is 10.0. The predicted molar refractivity (Wildman–Crippen MR) is 99.5 cm³/mol. The standard InChI is InChI=1S/C18H22N2O2S.ClH/c1-12-3-5-14(6-4-12)17(19)18(21)20-9-13(2)22-16(10-20)15-7-8-23-11-15;/h3-8,11,13,16-17H,9-10,19H2,1-2H3;1H. The van der Waals surface area contributed by atoms with Crippen LogP contribution in [0.15, 0.2) is 41.1 Å². The van der Waals surface area contributed by atoms with Gasteiger partial charge in [-0.1, -0.05) is 29.8 Å². The Balaban J connectivity index is 0.00000208. The summed E-state index contributed by atoms with van der Waals surface area (Å²) in [7, 11) is 0. The van der Waals surface area contributed by atoms with E-state index in [9.17, 15) is 4.79 Å². The summed E-state index contributed by atoms with van der Waals surface area (Å²) in [6.45, 7) is 5.15. The Hall–Kier alpha value is -1.40. The number of carbonyl (C=O) groups is 1. The van der Waals surface area contributed by atoms with E-state index in [1.165, 1.54) is 0 Å². The number of nitrogens with two attached hydrogens (primary N) is 1. The van der Waals surface area contributed by atoms with Gasteiger partial charge in [-0.15, -0.1) is 12.4 Å². The lowest BCUT2D eigenvalue weighted by molar-refractivity contribution is -0.146. The smallest absolute Gasteiger partial charge is 0.244 e. The fourth-order valence-electron chi connectivity index (χ4n) is 2.89. The molecule has 3 rings (SSSR count). The first-order valence-corrected chi connectivity index (χ1v) is 8.77. The Kier molecular flexibility index (Phi) is 6.40. The van der Waals surface area contributed by atoms with Gasteiger partial charge >= 0.3 is 0 Å². The highest BCUT2D eigenvalue weighted by atomic mass is 35.5. The first-order valence-electron chi connectivity index (χ1n) is 7.83. The summed E-state index contributed by atoms with van der Waals surface area (Å²) >= 11 is 1.64. The fourth-order valence-corrected chi connectivity index (χ4v) is 3.59. The largest absolute Gasteiger partial charge is 0.367 e. The summed E-state index contributed by atoms with van der Waals surface area (Å²) in [5.41, 5.74) is 9.34. The van der Waals surface area contributed by atoms with Gasteiger partial charge < -0.3 is 15.4 Å². The van der Waals surface area contributed by atoms with Crippen molar-refractivity contribution in [3.05, 3.63) is 57.8 Å². The van der Waals surface area contributed by atoms with Crippen molar-refractivity contribution >= 4 is 29.7 Å². The third-order valence-electron chi connectivity index (χ3n) is 4.19. The number of thiophene rings is 1. The zero-order chi connectivity index (χ0) is 16.4. The number of amides is 1. The van der Waals surface area contributed by atoms with Crippen LogP contribution in [0.25, 0.3) is 0 Å². The van der Waals surface area contributed by atoms with E-state index in [1.807, 2.05) is 48.4 Å². The molecule has 3 unspecified atom stereocenters. The van der Waals surface area contributed by atoms with Gasteiger partial charge in [-0.05, 0) is 41.8 Å². The van der Waals surface area contributed by atoms with Crippen LogP contribution in [0, 0.1) is 6.92 Å². The summed E-state index contributed by atoms with van der Waals surface area (Å²) in [5, 5.41) is 4.10. The Labute approximate surface area is 153 Å². The number of rotatable bonds is 3. The second kappa shape index (κ2) is 8.12. The molecule has 0 aliphatic carbocycles. The SMILES string of the molecule is Cc1ccc(C(N)C(=O)N2CC(C)OC(c3ccsc3)C2)cc1.Cl. The van der Waals surface area contributed by atoms with Crippen molar-refractivity contribution in [2.45, 2.75) is 32.1 Å². The molecule has 1 aliphatic rings. The number of carbonyl (C=O) groups excluding carboxylic acids is 1. The van der Waals surface area contributed by atoms with Crippen molar-refractivity contribution in [3.63, 3.8) is 0 Å². The highest BCUT2D eigenvalue weighted by Crippen LogP contribution is 2.28. The molecule has 2 aromatic rings. The predicted octanol–water partition coefficient (Wildman–Crippen LogP) is 3.47. The molecule has 0 radical (unpaired) electrons. The molecule has 4 nitrogen and oxygen atoms in total. The summed E-state index contributed by atoms with van der Waals surface area (Å²) in [4.78, 5) is 14.6. The van der Waals surface area contributed by atoms with Gasteiger partial charge in [-0.2, -0.15) is 11.3 Å². The summed E-state index contributed by atoms with van der Waals surface area (Å²) in [6.07, 6.45) is -0.0676. The van der Waals surface area contributed by atoms with Gasteiger partial charge in [0.15, 0.2) is 0 Å². The summed E-state index contributed by atoms with van der Waals surface area (Å²) in [6, 6.07) is 9.26. The quantitative estimate of drug-likeness (QED) is 0.904. The van der Waals surface area contributed by atoms with E-state index >= 15 is 0 Å². The van der Waals surface area contributed by atoms with Gasteiger partial charge in [0.2, 0.25) is 5.91 Å². The zero-order valence-electron chi connectivity index (χ0n) is 13.8. The average Bonchev–Trinajstić information content (AvgIpc) is 3.08. The fraction of sp³-hybridized carbons (Fsp3) is 0.389. The molecule has 1 aromatic carbocycles. The highest BCUT2D eigenvalue weighted by Gasteiger charge is 2.32. The van der Waals surface area contributed by atoms with Crippen LogP contribution in [0.3, 0.4) is 0 Å². The topological polar surface area (TPSA) is 55.6 Å². The maximum Gasteiger partial charge on any atom is 0.244 e. The molecule has 24 heavy (non-hydrogen) atoms. The van der Waals surface area contributed by atoms with E-state index < -0.39 is 6.04 Å². The van der Waals surface area contributed by atoms with Crippen LogP contribution in [0.1, 0.15) is 35.8 Å². The van der Waals surface area contributed by atoms with Gasteiger partial charge in [0.05, 0.1) is 12.6 Å². The highest BCUT2D eigenvalue weighted by molar-refractivity contribution is 7.07. The van der Waals surface area contributed by atoms with Crippen LogP contribution in [0.4, 0.5) is 0 Å². The molecule has 1 aromatic heterocycles. The van der Waals surface area contributed by atoms with Gasteiger partial charge in [-0.3, -0.25) is 4.79 Å². The number of hydrogen-bond acceptors (Lipinski definition) is 4. The lowest BCUT2D eigenvalue weighted by Gasteiger charge is -2.37. The third-order valence-corrected chi connectivity index (χ3v) is 4.89. The third kappa shape index (κ3) is 4.16. The van der Waals surface area contributed by atoms with E-state index in [0.29, 0.717) is 13.1 Å². The van der Waals surface area contributed by atoms with E-state index in [0.717, 1.165) is 16.7 Å². The molecule has 1 amide bonds. The summed E-state index contributed by atoms with van der Waals surface area (Å²) in [5.74, 6) is -0.0377. The second-order valence-electron chi connectivity index (χ2n) is 6.12. The molecule has 2 heterocycles. The normalized spacial score (nSPS) is 21.9. The number of morpholine rings is 1. The molecule has 1 fully saturated rings. The van der Waals surface area contributed by atoms with Crippen LogP contribution in [-0.2, 0) is 9.53 Å². The number of hydrogen-bond donors (Lipinski definition) is 1. The molecule has 6 heteroatoms. The number of halogens is 1. The molecule has 1 saturated heterocycles. The summed E-state index contributed by atoms with van der Waals surface area (Å²) < 4.78 is 5.98. The molecule has 0 spiro atoms. The number of benzene rings is 1. The van der Waals surface area contributed by atoms with Crippen LogP contribution >= 0.6 is 23.7 Å². The minimum absolute atomic E-state index is 0. The maximum atomic E-state index is 12.8. The number of nitrogens with zero attached hydrogens (tertiary/aromatic N) is 1. The molecule has 1 aliphatic heterocycles. The molecule has 0 saturated carbocycles. The van der Waals surface area contributed by atoms with Crippen molar-refractivity contribution in [2.75, 3.05) is 13.1 Å². The average molecular weight is 367 g/mol. The van der Waals surface area contributed by atoms with E-state index in [2.05, 4.69) is 11.4 Å². The van der Waals surface area contributed by atoms with Crippen LogP contribution < -0.4 is 5.73 Å². The Morgan fingerprint density at radius 1 is 1.29 bits per heavy atom. The molecule has 3 atom stereocenters. The maximum absolute atomic E-state index is 12.8. The Morgan fingerprint density at radius 2 is 2.00 bits per heavy atom. The van der Waals surface area contributed by atoms with Gasteiger partial charge in [0.1, 0.15) is 12.1 Å². The molecule has 2 N–H and O–H groups in total. The van der Waals surface area contributed by atoms with Crippen molar-refractivity contribution in [2.24, 2.45) is 5.73 Å². The Bertz CT molecular complexity index is 660. The van der Waals surface area contributed by atoms with Crippen LogP contribution in [0.5, 0.6) is 0 Å². The van der Waals surface area contributed by atoms with Crippen LogP contribution in [0.2, 0.25) is 0 Å². The molecule has 130 valence electrons. The number of aryl methyl sites for hydroxylation is 1. The van der Waals surface area contributed by atoms with Crippen molar-refractivity contribution < 1.29 is 9.53 Å². The molecular weight excluding hydrogens is 344 g/mol. The Morgan fingerprint density at radius 3 is 2.62 bits per heavy atom. The van der Waals surface area contributed by atoms with Gasteiger partial charge in [0.25, 0.3) is 0 Å². The van der Waals surface area contributed by atoms with Crippen LogP contribution in [-0.4, -0.2) is 30.0 Å². The first-order chi connectivity index (χ1) is 11.0. The number of ether oxygens (including phenoxy) is 1. The first kappa shape index (κ1) is 18.9. The molecule has 0 bridgehead atoms. The van der Waals surface area contributed by atoms with Crippen molar-refractivity contribution in [1.29, 1.82) is 0 Å². The van der Waals surface area contributed by atoms with Gasteiger partial charge in [-0.25, -0.2) is 0 Å². The minimum atomic E-state index is -0.621. The van der Waals surface area contributed by atoms with Gasteiger partial charge in [0, 0.05) is 6.54 Å². The van der Waals surface area contributed by atoms with E-state index in [4.69, 9.17) is 10.5 Å². The minimum Gasteiger partial charge on any atom is -0.367 e. The molecular formula is C18H23ClN2O2S. The van der Waals surface area contributed by atoms with Crippen molar-refractivity contribution in [1.82, 2.24) is 4.90 Å². The monoisotopic (exact) mass is 366 g/mol. The van der Waals surface area contributed by atoms with Crippen molar-refractivity contribution in [3.8, 4) is 0 Å². The van der Waals surface area contributed by atoms with E-state index in [1.54, 1.807) is 11.3 Å². The van der Waals surface area contributed by atoms with E-state index in [-0.39, 0.29) is 30.5 Å². The lowest BCUT2D eigenvalue weighted by Crippen LogP contribution is -2.48.